The minimum absolute atomic E-state index is 0.0717. The maximum Gasteiger partial charge on any atom is 0.339 e. The summed E-state index contributed by atoms with van der Waals surface area (Å²) in [5.41, 5.74) is 0.672. The summed E-state index contributed by atoms with van der Waals surface area (Å²) in [5, 5.41) is 0. The third-order valence-electron chi connectivity index (χ3n) is 4.41. The van der Waals surface area contributed by atoms with E-state index in [0.717, 1.165) is 12.8 Å². The van der Waals surface area contributed by atoms with Crippen molar-refractivity contribution in [2.75, 3.05) is 31.6 Å². The van der Waals surface area contributed by atoms with Gasteiger partial charge in [-0.2, -0.15) is 0 Å². The average Bonchev–Trinajstić information content (AvgIpc) is 2.59. The van der Waals surface area contributed by atoms with Crippen LogP contribution in [0.4, 0.5) is 5.69 Å². The van der Waals surface area contributed by atoms with Gasteiger partial charge in [0.05, 0.1) is 18.4 Å². The standard InChI is InChI=1S/C18H24N2O4/c1-13-8-10-19(11-9-13)17(22)12-20(14(2)21)16-7-5-4-6-15(16)18(23)24-3/h4-7,13H,8-12H2,1-3H3. The molecule has 6 nitrogen and oxygen atoms in total. The van der Waals surface area contributed by atoms with E-state index in [9.17, 15) is 14.4 Å². The van der Waals surface area contributed by atoms with E-state index in [4.69, 9.17) is 4.74 Å². The Balaban J connectivity index is 2.20. The van der Waals surface area contributed by atoms with Crippen molar-refractivity contribution in [3.8, 4) is 0 Å². The van der Waals surface area contributed by atoms with E-state index in [2.05, 4.69) is 6.92 Å². The molecule has 0 aliphatic carbocycles. The second kappa shape index (κ2) is 7.95. The molecule has 1 aliphatic rings. The SMILES string of the molecule is COC(=O)c1ccccc1N(CC(=O)N1CCC(C)CC1)C(C)=O. The minimum atomic E-state index is -0.531. The molecule has 0 unspecified atom stereocenters. The lowest BCUT2D eigenvalue weighted by atomic mass is 9.99. The third kappa shape index (κ3) is 4.13. The van der Waals surface area contributed by atoms with Gasteiger partial charge in [-0.15, -0.1) is 0 Å². The van der Waals surface area contributed by atoms with Gasteiger partial charge in [0.15, 0.2) is 0 Å². The highest BCUT2D eigenvalue weighted by atomic mass is 16.5. The Morgan fingerprint density at radius 3 is 2.42 bits per heavy atom. The molecule has 0 saturated carbocycles. The number of benzene rings is 1. The zero-order valence-corrected chi connectivity index (χ0v) is 14.4. The van der Waals surface area contributed by atoms with Crippen LogP contribution in [0, 0.1) is 5.92 Å². The number of nitrogens with zero attached hydrogens (tertiary/aromatic N) is 2. The molecule has 0 spiro atoms. The molecular weight excluding hydrogens is 308 g/mol. The molecule has 130 valence electrons. The number of hydrogen-bond acceptors (Lipinski definition) is 4. The highest BCUT2D eigenvalue weighted by Gasteiger charge is 2.26. The number of amides is 2. The average molecular weight is 332 g/mol. The van der Waals surface area contributed by atoms with Crippen molar-refractivity contribution in [1.82, 2.24) is 4.90 Å². The van der Waals surface area contributed by atoms with E-state index < -0.39 is 5.97 Å². The molecule has 2 rings (SSSR count). The second-order valence-corrected chi connectivity index (χ2v) is 6.18. The molecule has 1 aromatic rings. The van der Waals surface area contributed by atoms with Crippen molar-refractivity contribution in [3.05, 3.63) is 29.8 Å². The van der Waals surface area contributed by atoms with Gasteiger partial charge in [0, 0.05) is 20.0 Å². The molecule has 6 heteroatoms. The lowest BCUT2D eigenvalue weighted by Crippen LogP contribution is -2.45. The zero-order valence-electron chi connectivity index (χ0n) is 14.4. The van der Waals surface area contributed by atoms with Crippen molar-refractivity contribution in [3.63, 3.8) is 0 Å². The first-order valence-corrected chi connectivity index (χ1v) is 8.17. The van der Waals surface area contributed by atoms with Crippen LogP contribution in [0.5, 0.6) is 0 Å². The first kappa shape index (κ1) is 18.0. The van der Waals surface area contributed by atoms with Crippen LogP contribution in [0.2, 0.25) is 0 Å². The van der Waals surface area contributed by atoms with Crippen molar-refractivity contribution in [1.29, 1.82) is 0 Å². The van der Waals surface area contributed by atoms with Crippen LogP contribution in [0.15, 0.2) is 24.3 Å². The topological polar surface area (TPSA) is 66.9 Å². The van der Waals surface area contributed by atoms with Crippen molar-refractivity contribution >= 4 is 23.5 Å². The third-order valence-corrected chi connectivity index (χ3v) is 4.41. The van der Waals surface area contributed by atoms with Gasteiger partial charge < -0.3 is 14.5 Å². The van der Waals surface area contributed by atoms with E-state index in [1.807, 2.05) is 0 Å². The monoisotopic (exact) mass is 332 g/mol. The van der Waals surface area contributed by atoms with Crippen molar-refractivity contribution in [2.45, 2.75) is 26.7 Å². The number of methoxy groups -OCH3 is 1. The van der Waals surface area contributed by atoms with Crippen LogP contribution < -0.4 is 4.90 Å². The number of esters is 1. The van der Waals surface area contributed by atoms with Crippen molar-refractivity contribution in [2.24, 2.45) is 5.92 Å². The van der Waals surface area contributed by atoms with Gasteiger partial charge >= 0.3 is 5.97 Å². The largest absolute Gasteiger partial charge is 0.465 e. The number of carbonyl (C=O) groups is 3. The Morgan fingerprint density at radius 1 is 1.21 bits per heavy atom. The number of rotatable bonds is 4. The molecule has 24 heavy (non-hydrogen) atoms. The number of ether oxygens (including phenoxy) is 1. The van der Waals surface area contributed by atoms with Gasteiger partial charge in [0.25, 0.3) is 0 Å². The number of carbonyl (C=O) groups excluding carboxylic acids is 3. The van der Waals surface area contributed by atoms with Gasteiger partial charge in [-0.1, -0.05) is 19.1 Å². The van der Waals surface area contributed by atoms with Crippen LogP contribution in [-0.2, 0) is 14.3 Å². The van der Waals surface area contributed by atoms with E-state index >= 15 is 0 Å². The zero-order chi connectivity index (χ0) is 17.7. The summed E-state index contributed by atoms with van der Waals surface area (Å²) < 4.78 is 4.77. The lowest BCUT2D eigenvalue weighted by molar-refractivity contribution is -0.132. The van der Waals surface area contributed by atoms with Gasteiger partial charge in [-0.25, -0.2) is 4.79 Å². The van der Waals surface area contributed by atoms with Crippen LogP contribution in [0.1, 0.15) is 37.0 Å². The predicted octanol–water partition coefficient (Wildman–Crippen LogP) is 2.08. The molecule has 1 aromatic carbocycles. The summed E-state index contributed by atoms with van der Waals surface area (Å²) in [6.07, 6.45) is 1.95. The lowest BCUT2D eigenvalue weighted by Gasteiger charge is -2.32. The van der Waals surface area contributed by atoms with E-state index in [1.165, 1.54) is 18.9 Å². The molecule has 0 atom stereocenters. The number of para-hydroxylation sites is 1. The van der Waals surface area contributed by atoms with Crippen LogP contribution in [0.3, 0.4) is 0 Å². The maximum absolute atomic E-state index is 12.6. The number of piperidine rings is 1. The van der Waals surface area contributed by atoms with E-state index in [1.54, 1.807) is 29.2 Å². The Morgan fingerprint density at radius 2 is 1.83 bits per heavy atom. The summed E-state index contributed by atoms with van der Waals surface area (Å²) in [6.45, 7) is 4.92. The first-order valence-electron chi connectivity index (χ1n) is 8.17. The normalized spacial score (nSPS) is 15.0. The molecular formula is C18H24N2O4. The highest BCUT2D eigenvalue weighted by molar-refractivity contribution is 6.04. The minimum Gasteiger partial charge on any atom is -0.465 e. The molecule has 0 N–H and O–H groups in total. The molecule has 1 aliphatic heterocycles. The van der Waals surface area contributed by atoms with Crippen LogP contribution in [0.25, 0.3) is 0 Å². The molecule has 0 radical (unpaired) electrons. The Labute approximate surface area is 142 Å². The quantitative estimate of drug-likeness (QED) is 0.792. The van der Waals surface area contributed by atoms with Crippen LogP contribution in [-0.4, -0.2) is 49.4 Å². The summed E-state index contributed by atoms with van der Waals surface area (Å²) >= 11 is 0. The fraction of sp³-hybridized carbons (Fsp3) is 0.500. The summed E-state index contributed by atoms with van der Waals surface area (Å²) in [5.74, 6) is -0.295. The molecule has 1 saturated heterocycles. The summed E-state index contributed by atoms with van der Waals surface area (Å²) in [4.78, 5) is 39.7. The smallest absolute Gasteiger partial charge is 0.339 e. The Bertz CT molecular complexity index is 621. The van der Waals surface area contributed by atoms with Crippen molar-refractivity contribution < 1.29 is 19.1 Å². The van der Waals surface area contributed by atoms with Crippen LogP contribution >= 0.6 is 0 Å². The molecule has 2 amide bonds. The van der Waals surface area contributed by atoms with Gasteiger partial charge in [0.1, 0.15) is 6.54 Å². The van der Waals surface area contributed by atoms with Gasteiger partial charge in [-0.05, 0) is 30.9 Å². The number of hydrogen-bond donors (Lipinski definition) is 0. The maximum atomic E-state index is 12.6. The van der Waals surface area contributed by atoms with E-state index in [0.29, 0.717) is 24.7 Å². The summed E-state index contributed by atoms with van der Waals surface area (Å²) in [6, 6.07) is 6.66. The second-order valence-electron chi connectivity index (χ2n) is 6.18. The predicted molar refractivity (Wildman–Crippen MR) is 90.8 cm³/mol. The molecule has 0 aromatic heterocycles. The van der Waals surface area contributed by atoms with Gasteiger partial charge in [0.2, 0.25) is 11.8 Å². The van der Waals surface area contributed by atoms with Gasteiger partial charge in [-0.3, -0.25) is 9.59 Å². The fourth-order valence-electron chi connectivity index (χ4n) is 2.85. The number of anilines is 1. The highest BCUT2D eigenvalue weighted by Crippen LogP contribution is 2.22. The fourth-order valence-corrected chi connectivity index (χ4v) is 2.85. The number of likely N-dealkylation sites (tertiary alicyclic amines) is 1. The molecule has 1 fully saturated rings. The molecule has 0 bridgehead atoms. The summed E-state index contributed by atoms with van der Waals surface area (Å²) in [7, 11) is 1.29. The van der Waals surface area contributed by atoms with E-state index in [-0.39, 0.29) is 23.9 Å². The molecule has 1 heterocycles. The first-order chi connectivity index (χ1) is 11.4. The Kier molecular flexibility index (Phi) is 5.95. The Hall–Kier alpha value is -2.37.